The largest absolute Gasteiger partial charge is 0.504 e. The Bertz CT molecular complexity index is 597. The van der Waals surface area contributed by atoms with Crippen LogP contribution in [0.3, 0.4) is 0 Å². The van der Waals surface area contributed by atoms with Gasteiger partial charge in [0.05, 0.1) is 12.3 Å². The van der Waals surface area contributed by atoms with Crippen LogP contribution in [0.2, 0.25) is 5.15 Å². The number of aromatic nitrogens is 2. The van der Waals surface area contributed by atoms with E-state index in [4.69, 9.17) is 16.3 Å². The Labute approximate surface area is 114 Å². The molecular weight excluding hydrogens is 271 g/mol. The molecule has 6 heteroatoms. The molecule has 1 N–H and O–H groups in total. The van der Waals surface area contributed by atoms with Crippen LogP contribution in [0.1, 0.15) is 12.6 Å². The van der Waals surface area contributed by atoms with Crippen LogP contribution in [0.5, 0.6) is 11.5 Å². The van der Waals surface area contributed by atoms with E-state index >= 15 is 0 Å². The lowest BCUT2D eigenvalue weighted by molar-refractivity contribution is 0.318. The lowest BCUT2D eigenvalue weighted by Gasteiger charge is -2.08. The molecule has 4 nitrogen and oxygen atoms in total. The number of nitrogens with zero attached hydrogens (tertiary/aromatic N) is 2. The molecule has 100 valence electrons. The number of aryl methyl sites for hydroxylation is 1. The first-order chi connectivity index (χ1) is 9.02. The summed E-state index contributed by atoms with van der Waals surface area (Å²) in [7, 11) is 0. The van der Waals surface area contributed by atoms with E-state index in [1.54, 1.807) is 12.1 Å². The molecule has 0 atom stereocenters. The van der Waals surface area contributed by atoms with Gasteiger partial charge in [-0.1, -0.05) is 11.6 Å². The van der Waals surface area contributed by atoms with E-state index < -0.39 is 5.82 Å². The van der Waals surface area contributed by atoms with Gasteiger partial charge >= 0.3 is 0 Å². The van der Waals surface area contributed by atoms with Crippen molar-refractivity contribution in [2.45, 2.75) is 13.8 Å². The number of rotatable bonds is 3. The summed E-state index contributed by atoms with van der Waals surface area (Å²) in [4.78, 5) is 7.90. The number of hydrogen-bond acceptors (Lipinski definition) is 4. The van der Waals surface area contributed by atoms with Gasteiger partial charge < -0.3 is 9.84 Å². The number of phenols is 1. The molecule has 0 amide bonds. The number of halogens is 2. The van der Waals surface area contributed by atoms with Crippen LogP contribution in [0.4, 0.5) is 4.39 Å². The van der Waals surface area contributed by atoms with Gasteiger partial charge in [0.15, 0.2) is 28.3 Å². The summed E-state index contributed by atoms with van der Waals surface area (Å²) < 4.78 is 18.6. The highest BCUT2D eigenvalue weighted by atomic mass is 35.5. The fourth-order valence-corrected chi connectivity index (χ4v) is 1.79. The fourth-order valence-electron chi connectivity index (χ4n) is 1.58. The molecule has 0 bridgehead atoms. The second-order valence-electron chi connectivity index (χ2n) is 3.85. The van der Waals surface area contributed by atoms with Crippen molar-refractivity contribution in [2.24, 2.45) is 0 Å². The smallest absolute Gasteiger partial charge is 0.181 e. The highest BCUT2D eigenvalue weighted by Gasteiger charge is 2.12. The average molecular weight is 283 g/mol. The first-order valence-corrected chi connectivity index (χ1v) is 6.06. The minimum Gasteiger partial charge on any atom is -0.504 e. The molecule has 0 fully saturated rings. The van der Waals surface area contributed by atoms with Gasteiger partial charge in [-0.05, 0) is 32.0 Å². The van der Waals surface area contributed by atoms with E-state index in [0.717, 1.165) is 0 Å². The van der Waals surface area contributed by atoms with Gasteiger partial charge in [-0.25, -0.2) is 14.4 Å². The minimum absolute atomic E-state index is 0.0236. The van der Waals surface area contributed by atoms with Gasteiger partial charge in [-0.2, -0.15) is 0 Å². The summed E-state index contributed by atoms with van der Waals surface area (Å²) in [5.41, 5.74) is 0.757. The molecule has 19 heavy (non-hydrogen) atoms. The third-order valence-corrected chi connectivity index (χ3v) is 2.74. The van der Waals surface area contributed by atoms with E-state index in [0.29, 0.717) is 17.9 Å². The van der Waals surface area contributed by atoms with Crippen molar-refractivity contribution in [1.29, 1.82) is 0 Å². The monoisotopic (exact) mass is 282 g/mol. The van der Waals surface area contributed by atoms with Crippen molar-refractivity contribution in [1.82, 2.24) is 9.97 Å². The zero-order chi connectivity index (χ0) is 14.0. The molecule has 1 heterocycles. The van der Waals surface area contributed by atoms with Gasteiger partial charge in [-0.15, -0.1) is 0 Å². The summed E-state index contributed by atoms with van der Waals surface area (Å²) in [5.74, 6) is -0.00342. The molecule has 0 aliphatic heterocycles. The molecule has 0 saturated carbocycles. The normalized spacial score (nSPS) is 10.5. The predicted octanol–water partition coefficient (Wildman–Crippen LogP) is 3.35. The Balaban J connectivity index is 2.50. The summed E-state index contributed by atoms with van der Waals surface area (Å²) in [5, 5.41) is 9.39. The maximum atomic E-state index is 13.4. The Morgan fingerprint density at radius 3 is 2.74 bits per heavy atom. The SMILES string of the molecule is CCOc1cc(-c2nc(C)c(F)c(Cl)n2)ccc1O. The van der Waals surface area contributed by atoms with Gasteiger partial charge in [0.2, 0.25) is 0 Å². The average Bonchev–Trinajstić information content (AvgIpc) is 2.38. The van der Waals surface area contributed by atoms with Crippen LogP contribution >= 0.6 is 11.6 Å². The molecule has 0 aliphatic rings. The zero-order valence-corrected chi connectivity index (χ0v) is 11.2. The van der Waals surface area contributed by atoms with Crippen LogP contribution in [0.25, 0.3) is 11.4 Å². The van der Waals surface area contributed by atoms with E-state index in [1.165, 1.54) is 13.0 Å². The second-order valence-corrected chi connectivity index (χ2v) is 4.21. The van der Waals surface area contributed by atoms with Crippen molar-refractivity contribution >= 4 is 11.6 Å². The second kappa shape index (κ2) is 5.40. The minimum atomic E-state index is -0.630. The van der Waals surface area contributed by atoms with Crippen LogP contribution in [0.15, 0.2) is 18.2 Å². The molecule has 0 radical (unpaired) electrons. The molecule has 2 rings (SSSR count). The zero-order valence-electron chi connectivity index (χ0n) is 10.4. The van der Waals surface area contributed by atoms with Crippen molar-refractivity contribution in [3.63, 3.8) is 0 Å². The summed E-state index contributed by atoms with van der Waals surface area (Å²) in [6.45, 7) is 3.73. The van der Waals surface area contributed by atoms with Crippen LogP contribution in [-0.4, -0.2) is 21.7 Å². The van der Waals surface area contributed by atoms with Crippen LogP contribution in [0, 0.1) is 12.7 Å². The quantitative estimate of drug-likeness (QED) is 0.877. The fraction of sp³-hybridized carbons (Fsp3) is 0.231. The molecule has 1 aromatic heterocycles. The van der Waals surface area contributed by atoms with Gasteiger partial charge in [-0.3, -0.25) is 0 Å². The number of hydrogen-bond donors (Lipinski definition) is 1. The Morgan fingerprint density at radius 1 is 1.37 bits per heavy atom. The third kappa shape index (κ3) is 2.76. The van der Waals surface area contributed by atoms with E-state index in [-0.39, 0.29) is 22.4 Å². The number of ether oxygens (including phenoxy) is 1. The lowest BCUT2D eigenvalue weighted by atomic mass is 10.2. The van der Waals surface area contributed by atoms with Crippen molar-refractivity contribution in [3.05, 3.63) is 34.9 Å². The summed E-state index contributed by atoms with van der Waals surface area (Å²) in [6, 6.07) is 4.67. The standard InChI is InChI=1S/C13H12ClFN2O2/c1-3-19-10-6-8(4-5-9(10)18)13-16-7(2)11(15)12(14)17-13/h4-6,18H,3H2,1-2H3. The number of aromatic hydroxyl groups is 1. The first-order valence-electron chi connectivity index (χ1n) is 5.68. The Hall–Kier alpha value is -1.88. The van der Waals surface area contributed by atoms with Crippen molar-refractivity contribution in [2.75, 3.05) is 6.61 Å². The molecular formula is C13H12ClFN2O2. The van der Waals surface area contributed by atoms with E-state index in [2.05, 4.69) is 9.97 Å². The van der Waals surface area contributed by atoms with Gasteiger partial charge in [0.25, 0.3) is 0 Å². The van der Waals surface area contributed by atoms with Crippen molar-refractivity contribution < 1.29 is 14.2 Å². The van der Waals surface area contributed by atoms with E-state index in [9.17, 15) is 9.50 Å². The molecule has 0 unspecified atom stereocenters. The molecule has 1 aromatic carbocycles. The molecule has 0 aliphatic carbocycles. The van der Waals surface area contributed by atoms with Crippen LogP contribution < -0.4 is 4.74 Å². The van der Waals surface area contributed by atoms with Gasteiger partial charge in [0.1, 0.15) is 0 Å². The molecule has 0 spiro atoms. The van der Waals surface area contributed by atoms with Gasteiger partial charge in [0, 0.05) is 5.56 Å². The lowest BCUT2D eigenvalue weighted by Crippen LogP contribution is -1.98. The highest BCUT2D eigenvalue weighted by molar-refractivity contribution is 6.29. The van der Waals surface area contributed by atoms with Crippen LogP contribution in [-0.2, 0) is 0 Å². The van der Waals surface area contributed by atoms with Crippen molar-refractivity contribution in [3.8, 4) is 22.9 Å². The Kier molecular flexibility index (Phi) is 3.85. The topological polar surface area (TPSA) is 55.2 Å². The third-order valence-electron chi connectivity index (χ3n) is 2.49. The van der Waals surface area contributed by atoms with E-state index in [1.807, 2.05) is 6.92 Å². The predicted molar refractivity (Wildman–Crippen MR) is 70.0 cm³/mol. The molecule has 2 aromatic rings. The summed E-state index contributed by atoms with van der Waals surface area (Å²) >= 11 is 5.69. The first kappa shape index (κ1) is 13.5. The summed E-state index contributed by atoms with van der Waals surface area (Å²) in [6.07, 6.45) is 0. The maximum absolute atomic E-state index is 13.4. The highest BCUT2D eigenvalue weighted by Crippen LogP contribution is 2.31. The number of benzene rings is 1. The number of phenolic OH excluding ortho intramolecular Hbond substituents is 1. The maximum Gasteiger partial charge on any atom is 0.181 e. The Morgan fingerprint density at radius 2 is 2.11 bits per heavy atom. The molecule has 0 saturated heterocycles.